The zero-order valence-corrected chi connectivity index (χ0v) is 6.67. The Morgan fingerprint density at radius 2 is 2.17 bits per heavy atom. The van der Waals surface area contributed by atoms with Crippen molar-refractivity contribution in [2.45, 2.75) is 33.1 Å². The lowest BCUT2D eigenvalue weighted by atomic mass is 10.0. The molecule has 1 atom stereocenters. The number of hydrogen-bond donors (Lipinski definition) is 1. The van der Waals surface area contributed by atoms with Crippen molar-refractivity contribution in [3.8, 4) is 5.75 Å². The van der Waals surface area contributed by atoms with E-state index in [0.29, 0.717) is 11.7 Å². The first-order valence-corrected chi connectivity index (χ1v) is 4.10. The average molecular weight is 164 g/mol. The molecule has 1 aliphatic rings. The highest BCUT2D eigenvalue weighted by atomic mass is 16.3. The van der Waals surface area contributed by atoms with Gasteiger partial charge in [-0.1, -0.05) is 26.5 Å². The van der Waals surface area contributed by atoms with Gasteiger partial charge in [0.1, 0.15) is 5.75 Å². The van der Waals surface area contributed by atoms with E-state index >= 15 is 0 Å². The van der Waals surface area contributed by atoms with E-state index in [0.717, 1.165) is 6.42 Å². The van der Waals surface area contributed by atoms with Crippen LogP contribution in [-0.4, -0.2) is 5.11 Å². The van der Waals surface area contributed by atoms with Crippen molar-refractivity contribution >= 4 is 0 Å². The third-order valence-electron chi connectivity index (χ3n) is 2.55. The van der Waals surface area contributed by atoms with Crippen LogP contribution in [-0.2, 0) is 6.42 Å². The summed E-state index contributed by atoms with van der Waals surface area (Å²) in [7, 11) is 0. The maximum absolute atomic E-state index is 9.45. The second kappa shape index (κ2) is 3.18. The number of phenols is 1. The number of benzene rings is 1. The molecule has 0 aromatic heterocycles. The minimum atomic E-state index is 0. The van der Waals surface area contributed by atoms with Gasteiger partial charge in [0.25, 0.3) is 0 Å². The van der Waals surface area contributed by atoms with Crippen LogP contribution in [0.2, 0.25) is 0 Å². The third kappa shape index (κ3) is 1.20. The van der Waals surface area contributed by atoms with Crippen LogP contribution >= 0.6 is 0 Å². The standard InChI is InChI=1S/C10H12O.CH4/c1-7-5-6-9-8(7)3-2-4-10(9)11;/h2-4,7,11H,5-6H2,1H3;1H4/t7-;/m1./s1. The molecule has 66 valence electrons. The molecule has 0 amide bonds. The first-order valence-electron chi connectivity index (χ1n) is 4.10. The summed E-state index contributed by atoms with van der Waals surface area (Å²) in [5.41, 5.74) is 2.50. The van der Waals surface area contributed by atoms with Gasteiger partial charge in [-0.3, -0.25) is 0 Å². The molecule has 0 saturated carbocycles. The van der Waals surface area contributed by atoms with E-state index in [1.165, 1.54) is 17.5 Å². The highest BCUT2D eigenvalue weighted by molar-refractivity contribution is 5.43. The third-order valence-corrected chi connectivity index (χ3v) is 2.55. The number of aromatic hydroxyl groups is 1. The summed E-state index contributed by atoms with van der Waals surface area (Å²) in [6.45, 7) is 2.21. The number of phenolic OH excluding ortho intramolecular Hbond substituents is 1. The molecule has 1 aromatic rings. The van der Waals surface area contributed by atoms with Gasteiger partial charge < -0.3 is 5.11 Å². The second-order valence-corrected chi connectivity index (χ2v) is 3.28. The molecule has 1 aliphatic carbocycles. The number of hydrogen-bond acceptors (Lipinski definition) is 1. The van der Waals surface area contributed by atoms with Crippen LogP contribution in [0.15, 0.2) is 18.2 Å². The molecule has 0 unspecified atom stereocenters. The van der Waals surface area contributed by atoms with E-state index in [1.54, 1.807) is 6.07 Å². The van der Waals surface area contributed by atoms with Crippen LogP contribution in [0.4, 0.5) is 0 Å². The average Bonchev–Trinajstić information content (AvgIpc) is 2.35. The van der Waals surface area contributed by atoms with Crippen molar-refractivity contribution in [3.05, 3.63) is 29.3 Å². The summed E-state index contributed by atoms with van der Waals surface area (Å²) in [6, 6.07) is 5.82. The van der Waals surface area contributed by atoms with E-state index in [9.17, 15) is 5.11 Å². The van der Waals surface area contributed by atoms with Gasteiger partial charge in [-0.2, -0.15) is 0 Å². The van der Waals surface area contributed by atoms with Crippen LogP contribution in [0.1, 0.15) is 37.8 Å². The van der Waals surface area contributed by atoms with Crippen molar-refractivity contribution in [1.29, 1.82) is 0 Å². The fourth-order valence-electron chi connectivity index (χ4n) is 1.84. The smallest absolute Gasteiger partial charge is 0.119 e. The molecule has 0 spiro atoms. The Hall–Kier alpha value is -0.980. The number of fused-ring (bicyclic) bond motifs is 1. The predicted octanol–water partition coefficient (Wildman–Crippen LogP) is 3.08. The Labute approximate surface area is 74.1 Å². The topological polar surface area (TPSA) is 20.2 Å². The summed E-state index contributed by atoms with van der Waals surface area (Å²) in [5.74, 6) is 1.11. The van der Waals surface area contributed by atoms with Crippen LogP contribution in [0.25, 0.3) is 0 Å². The fourth-order valence-corrected chi connectivity index (χ4v) is 1.84. The fraction of sp³-hybridized carbons (Fsp3) is 0.455. The maximum atomic E-state index is 9.45. The lowest BCUT2D eigenvalue weighted by molar-refractivity contribution is 0.469. The molecule has 1 nitrogen and oxygen atoms in total. The van der Waals surface area contributed by atoms with Crippen LogP contribution in [0.5, 0.6) is 5.75 Å². The lowest BCUT2D eigenvalue weighted by Gasteiger charge is -2.03. The van der Waals surface area contributed by atoms with Crippen molar-refractivity contribution in [2.24, 2.45) is 0 Å². The Morgan fingerprint density at radius 1 is 1.42 bits per heavy atom. The summed E-state index contributed by atoms with van der Waals surface area (Å²) in [5, 5.41) is 9.45. The summed E-state index contributed by atoms with van der Waals surface area (Å²) < 4.78 is 0. The van der Waals surface area contributed by atoms with Crippen molar-refractivity contribution in [1.82, 2.24) is 0 Å². The molecule has 0 aliphatic heterocycles. The molecule has 12 heavy (non-hydrogen) atoms. The van der Waals surface area contributed by atoms with E-state index in [1.807, 2.05) is 6.07 Å². The van der Waals surface area contributed by atoms with E-state index in [-0.39, 0.29) is 7.43 Å². The van der Waals surface area contributed by atoms with Gasteiger partial charge in [0.2, 0.25) is 0 Å². The monoisotopic (exact) mass is 164 g/mol. The molecule has 0 saturated heterocycles. The normalized spacial score (nSPS) is 19.9. The molecule has 1 heteroatoms. The highest BCUT2D eigenvalue weighted by Gasteiger charge is 2.20. The first kappa shape index (κ1) is 9.11. The van der Waals surface area contributed by atoms with Gasteiger partial charge in [0, 0.05) is 0 Å². The zero-order valence-electron chi connectivity index (χ0n) is 6.67. The van der Waals surface area contributed by atoms with Crippen molar-refractivity contribution < 1.29 is 5.11 Å². The highest BCUT2D eigenvalue weighted by Crippen LogP contribution is 2.36. The summed E-state index contributed by atoms with van der Waals surface area (Å²) in [4.78, 5) is 0. The maximum Gasteiger partial charge on any atom is 0.119 e. The molecule has 0 heterocycles. The minimum Gasteiger partial charge on any atom is -0.508 e. The van der Waals surface area contributed by atoms with E-state index in [2.05, 4.69) is 13.0 Å². The Balaban J connectivity index is 0.000000720. The summed E-state index contributed by atoms with van der Waals surface area (Å²) >= 11 is 0. The van der Waals surface area contributed by atoms with Gasteiger partial charge in [-0.25, -0.2) is 0 Å². The molecule has 1 aromatic carbocycles. The lowest BCUT2D eigenvalue weighted by Crippen LogP contribution is -1.84. The van der Waals surface area contributed by atoms with Crippen molar-refractivity contribution in [2.75, 3.05) is 0 Å². The van der Waals surface area contributed by atoms with Gasteiger partial charge >= 0.3 is 0 Å². The van der Waals surface area contributed by atoms with Crippen LogP contribution in [0.3, 0.4) is 0 Å². The zero-order chi connectivity index (χ0) is 7.84. The molecular formula is C11H16O. The molecular weight excluding hydrogens is 148 g/mol. The summed E-state index contributed by atoms with van der Waals surface area (Å²) in [6.07, 6.45) is 2.23. The Bertz CT molecular complexity index is 278. The first-order chi connectivity index (χ1) is 5.29. The second-order valence-electron chi connectivity index (χ2n) is 3.28. The van der Waals surface area contributed by atoms with Gasteiger partial charge in [-0.05, 0) is 36.0 Å². The molecule has 2 rings (SSSR count). The largest absolute Gasteiger partial charge is 0.508 e. The van der Waals surface area contributed by atoms with Crippen molar-refractivity contribution in [3.63, 3.8) is 0 Å². The minimum absolute atomic E-state index is 0. The Morgan fingerprint density at radius 3 is 2.83 bits per heavy atom. The predicted molar refractivity (Wildman–Crippen MR) is 51.6 cm³/mol. The quantitative estimate of drug-likeness (QED) is 0.624. The van der Waals surface area contributed by atoms with Gasteiger partial charge in [-0.15, -0.1) is 0 Å². The molecule has 1 N–H and O–H groups in total. The molecule has 0 fully saturated rings. The number of rotatable bonds is 0. The SMILES string of the molecule is C.C[C@@H]1CCc2c(O)cccc21. The molecule has 0 radical (unpaired) electrons. The van der Waals surface area contributed by atoms with Gasteiger partial charge in [0.05, 0.1) is 0 Å². The Kier molecular flexibility index (Phi) is 2.41. The van der Waals surface area contributed by atoms with E-state index < -0.39 is 0 Å². The van der Waals surface area contributed by atoms with Gasteiger partial charge in [0.15, 0.2) is 0 Å². The van der Waals surface area contributed by atoms with Crippen LogP contribution < -0.4 is 0 Å². The van der Waals surface area contributed by atoms with Crippen LogP contribution in [0, 0.1) is 0 Å². The molecule has 0 bridgehead atoms. The van der Waals surface area contributed by atoms with E-state index in [4.69, 9.17) is 0 Å².